The van der Waals surface area contributed by atoms with Gasteiger partial charge in [-0.25, -0.2) is 0 Å². The number of pyridine rings is 1. The summed E-state index contributed by atoms with van der Waals surface area (Å²) in [5.41, 5.74) is 1.94. The molecule has 100 valence electrons. The molecule has 2 atom stereocenters. The normalized spacial score (nSPS) is 30.2. The van der Waals surface area contributed by atoms with Crippen molar-refractivity contribution in [1.82, 2.24) is 10.3 Å². The number of nitrogens with zero attached hydrogens (tertiary/aromatic N) is 1. The first-order valence-electron chi connectivity index (χ1n) is 6.86. The molecule has 2 nitrogen and oxygen atoms in total. The fourth-order valence-corrected chi connectivity index (χ4v) is 3.15. The van der Waals surface area contributed by atoms with Gasteiger partial charge in [0.1, 0.15) is 0 Å². The minimum Gasteiger partial charge on any atom is -0.312 e. The topological polar surface area (TPSA) is 24.9 Å². The summed E-state index contributed by atoms with van der Waals surface area (Å²) >= 11 is 0. The van der Waals surface area contributed by atoms with E-state index in [1.165, 1.54) is 5.69 Å². The zero-order valence-corrected chi connectivity index (χ0v) is 12.5. The van der Waals surface area contributed by atoms with E-state index in [-0.39, 0.29) is 11.0 Å². The molecule has 0 saturated heterocycles. The predicted octanol–water partition coefficient (Wildman–Crippen LogP) is 3.38. The van der Waals surface area contributed by atoms with Crippen LogP contribution in [0.25, 0.3) is 0 Å². The van der Waals surface area contributed by atoms with Crippen molar-refractivity contribution in [2.45, 2.75) is 52.5 Å². The third-order valence-electron chi connectivity index (χ3n) is 4.86. The SMILES string of the molecule is CC(C)(C)NCC1C(C)(C)C1(C)c1ccccn1. The van der Waals surface area contributed by atoms with Gasteiger partial charge in [-0.05, 0) is 50.8 Å². The number of nitrogens with one attached hydrogen (secondary N) is 1. The molecule has 1 aromatic heterocycles. The standard InChI is InChI=1S/C16H26N2/c1-14(2,3)18-11-12-15(4,5)16(12,6)13-9-7-8-10-17-13/h7-10,12,18H,11H2,1-6H3. The summed E-state index contributed by atoms with van der Waals surface area (Å²) in [6.45, 7) is 14.8. The molecular weight excluding hydrogens is 220 g/mol. The van der Waals surface area contributed by atoms with Gasteiger partial charge in [0.2, 0.25) is 0 Å². The van der Waals surface area contributed by atoms with Crippen molar-refractivity contribution in [3.63, 3.8) is 0 Å². The van der Waals surface area contributed by atoms with E-state index in [2.05, 4.69) is 64.0 Å². The highest BCUT2D eigenvalue weighted by Gasteiger charge is 2.68. The van der Waals surface area contributed by atoms with Crippen LogP contribution in [0, 0.1) is 11.3 Å². The van der Waals surface area contributed by atoms with Gasteiger partial charge in [-0.3, -0.25) is 4.98 Å². The molecule has 1 fully saturated rings. The number of rotatable bonds is 3. The minimum absolute atomic E-state index is 0.184. The molecule has 2 unspecified atom stereocenters. The summed E-state index contributed by atoms with van der Waals surface area (Å²) in [7, 11) is 0. The molecule has 1 aromatic rings. The first kappa shape index (κ1) is 13.5. The van der Waals surface area contributed by atoms with Crippen LogP contribution < -0.4 is 5.32 Å². The average molecular weight is 246 g/mol. The summed E-state index contributed by atoms with van der Waals surface area (Å²) in [4.78, 5) is 4.58. The van der Waals surface area contributed by atoms with Crippen LogP contribution in [0.4, 0.5) is 0 Å². The van der Waals surface area contributed by atoms with E-state index < -0.39 is 0 Å². The van der Waals surface area contributed by atoms with E-state index in [1.54, 1.807) is 0 Å². The average Bonchev–Trinajstić information content (AvgIpc) is 2.71. The van der Waals surface area contributed by atoms with Gasteiger partial charge in [0.25, 0.3) is 0 Å². The van der Waals surface area contributed by atoms with Crippen molar-refractivity contribution in [3.8, 4) is 0 Å². The van der Waals surface area contributed by atoms with Crippen LogP contribution in [0.15, 0.2) is 24.4 Å². The zero-order chi connectivity index (χ0) is 13.6. The molecular formula is C16H26N2. The molecule has 18 heavy (non-hydrogen) atoms. The fraction of sp³-hybridized carbons (Fsp3) is 0.688. The summed E-state index contributed by atoms with van der Waals surface area (Å²) < 4.78 is 0. The molecule has 1 saturated carbocycles. The van der Waals surface area contributed by atoms with E-state index in [9.17, 15) is 0 Å². The third kappa shape index (κ3) is 2.07. The molecule has 1 N–H and O–H groups in total. The van der Waals surface area contributed by atoms with Gasteiger partial charge < -0.3 is 5.32 Å². The van der Waals surface area contributed by atoms with Gasteiger partial charge in [0.15, 0.2) is 0 Å². The zero-order valence-electron chi connectivity index (χ0n) is 12.5. The first-order valence-corrected chi connectivity index (χ1v) is 6.86. The maximum Gasteiger partial charge on any atom is 0.0471 e. The van der Waals surface area contributed by atoms with Crippen molar-refractivity contribution in [2.24, 2.45) is 11.3 Å². The fourth-order valence-electron chi connectivity index (χ4n) is 3.15. The second kappa shape index (κ2) is 4.06. The molecule has 0 amide bonds. The summed E-state index contributed by atoms with van der Waals surface area (Å²) in [5.74, 6) is 0.652. The van der Waals surface area contributed by atoms with Gasteiger partial charge in [-0.1, -0.05) is 26.8 Å². The van der Waals surface area contributed by atoms with Crippen LogP contribution in [-0.2, 0) is 5.41 Å². The summed E-state index contributed by atoms with van der Waals surface area (Å²) in [5, 5.41) is 3.64. The lowest BCUT2D eigenvalue weighted by Crippen LogP contribution is -2.38. The molecule has 2 rings (SSSR count). The first-order chi connectivity index (χ1) is 8.19. The monoisotopic (exact) mass is 246 g/mol. The Bertz CT molecular complexity index is 416. The van der Waals surface area contributed by atoms with Crippen molar-refractivity contribution >= 4 is 0 Å². The van der Waals surface area contributed by atoms with Crippen LogP contribution >= 0.6 is 0 Å². The summed E-state index contributed by atoms with van der Waals surface area (Å²) in [6.07, 6.45) is 1.91. The van der Waals surface area contributed by atoms with E-state index in [4.69, 9.17) is 0 Å². The molecule has 0 aliphatic heterocycles. The smallest absolute Gasteiger partial charge is 0.0471 e. The van der Waals surface area contributed by atoms with E-state index in [1.807, 2.05) is 12.3 Å². The Kier molecular flexibility index (Phi) is 3.05. The molecule has 2 heteroatoms. The van der Waals surface area contributed by atoms with Gasteiger partial charge >= 0.3 is 0 Å². The molecule has 0 radical (unpaired) electrons. The minimum atomic E-state index is 0.184. The Morgan fingerprint density at radius 3 is 2.39 bits per heavy atom. The van der Waals surface area contributed by atoms with Gasteiger partial charge in [0, 0.05) is 22.8 Å². The Morgan fingerprint density at radius 2 is 1.89 bits per heavy atom. The molecule has 0 spiro atoms. The van der Waals surface area contributed by atoms with E-state index in [0.717, 1.165) is 6.54 Å². The Morgan fingerprint density at radius 1 is 1.22 bits per heavy atom. The van der Waals surface area contributed by atoms with Crippen LogP contribution in [0.5, 0.6) is 0 Å². The second-order valence-corrected chi connectivity index (χ2v) is 7.32. The van der Waals surface area contributed by atoms with Crippen LogP contribution in [0.1, 0.15) is 47.2 Å². The predicted molar refractivity (Wildman–Crippen MR) is 76.6 cm³/mol. The highest BCUT2D eigenvalue weighted by molar-refractivity contribution is 5.34. The third-order valence-corrected chi connectivity index (χ3v) is 4.86. The lowest BCUT2D eigenvalue weighted by atomic mass is 9.94. The van der Waals surface area contributed by atoms with Crippen LogP contribution in [-0.4, -0.2) is 17.1 Å². The molecule has 1 aliphatic carbocycles. The summed E-state index contributed by atoms with van der Waals surface area (Å²) in [6, 6.07) is 6.25. The number of hydrogen-bond acceptors (Lipinski definition) is 2. The molecule has 0 aromatic carbocycles. The van der Waals surface area contributed by atoms with Crippen molar-refractivity contribution < 1.29 is 0 Å². The molecule has 0 bridgehead atoms. The Hall–Kier alpha value is -0.890. The maximum absolute atomic E-state index is 4.58. The van der Waals surface area contributed by atoms with E-state index >= 15 is 0 Å². The van der Waals surface area contributed by atoms with Crippen LogP contribution in [0.2, 0.25) is 0 Å². The second-order valence-electron chi connectivity index (χ2n) is 7.32. The number of aromatic nitrogens is 1. The lowest BCUT2D eigenvalue weighted by molar-refractivity contribution is 0.395. The number of hydrogen-bond donors (Lipinski definition) is 1. The molecule has 1 heterocycles. The van der Waals surface area contributed by atoms with Crippen LogP contribution in [0.3, 0.4) is 0 Å². The van der Waals surface area contributed by atoms with Gasteiger partial charge in [-0.2, -0.15) is 0 Å². The lowest BCUT2D eigenvalue weighted by Gasteiger charge is -2.21. The van der Waals surface area contributed by atoms with Crippen molar-refractivity contribution in [1.29, 1.82) is 0 Å². The van der Waals surface area contributed by atoms with Crippen molar-refractivity contribution in [2.75, 3.05) is 6.54 Å². The highest BCUT2D eigenvalue weighted by Crippen LogP contribution is 2.68. The highest BCUT2D eigenvalue weighted by atomic mass is 15.0. The largest absolute Gasteiger partial charge is 0.312 e. The maximum atomic E-state index is 4.58. The van der Waals surface area contributed by atoms with Crippen molar-refractivity contribution in [3.05, 3.63) is 30.1 Å². The van der Waals surface area contributed by atoms with E-state index in [0.29, 0.717) is 11.3 Å². The Balaban J connectivity index is 2.15. The Labute approximate surface area is 111 Å². The van der Waals surface area contributed by atoms with Gasteiger partial charge in [0.05, 0.1) is 0 Å². The van der Waals surface area contributed by atoms with Gasteiger partial charge in [-0.15, -0.1) is 0 Å². The molecule has 1 aliphatic rings. The quantitative estimate of drug-likeness (QED) is 0.884.